The normalized spacial score (nSPS) is 22.8. The van der Waals surface area contributed by atoms with Gasteiger partial charge in [0, 0.05) is 0 Å². The Balaban J connectivity index is 2.31. The molecule has 110 valence electrons. The molecule has 1 heterocycles. The standard InChI is InChI=1S/C16H34IN/c1-6-7-8-9-15(11-10-13(2)3)17-12-16(17)18-14(4)5/h13-16,18H,6-12H2,1-5H3. The zero-order chi connectivity index (χ0) is 13.5. The Kier molecular flexibility index (Phi) is 8.17. The molecule has 1 saturated heterocycles. The summed E-state index contributed by atoms with van der Waals surface area (Å²) in [5.41, 5.74) is 0. The number of halogens is 1. The fraction of sp³-hybridized carbons (Fsp3) is 1.00. The van der Waals surface area contributed by atoms with Crippen LogP contribution in [0.25, 0.3) is 0 Å². The van der Waals surface area contributed by atoms with Gasteiger partial charge in [-0.2, -0.15) is 0 Å². The first-order chi connectivity index (χ1) is 8.54. The van der Waals surface area contributed by atoms with Crippen LogP contribution in [-0.4, -0.2) is 18.4 Å². The quantitative estimate of drug-likeness (QED) is 0.242. The van der Waals surface area contributed by atoms with E-state index >= 15 is 0 Å². The zero-order valence-corrected chi connectivity index (χ0v) is 15.3. The summed E-state index contributed by atoms with van der Waals surface area (Å²) in [5, 5.41) is 3.79. The van der Waals surface area contributed by atoms with Crippen LogP contribution in [0, 0.1) is 5.92 Å². The molecular weight excluding hydrogens is 333 g/mol. The van der Waals surface area contributed by atoms with Crippen molar-refractivity contribution in [2.45, 2.75) is 87.2 Å². The number of nitrogens with one attached hydrogen (secondary N) is 1. The van der Waals surface area contributed by atoms with Crippen LogP contribution >= 0.6 is 19.8 Å². The molecular formula is C16H34IN. The van der Waals surface area contributed by atoms with Gasteiger partial charge in [0.1, 0.15) is 0 Å². The van der Waals surface area contributed by atoms with Gasteiger partial charge >= 0.3 is 123 Å². The van der Waals surface area contributed by atoms with Crippen LogP contribution < -0.4 is 5.32 Å². The molecule has 1 fully saturated rings. The summed E-state index contributed by atoms with van der Waals surface area (Å²) < 4.78 is 3.74. The first kappa shape index (κ1) is 16.7. The summed E-state index contributed by atoms with van der Waals surface area (Å²) in [6.07, 6.45) is 8.84. The van der Waals surface area contributed by atoms with Gasteiger partial charge < -0.3 is 0 Å². The van der Waals surface area contributed by atoms with E-state index in [4.69, 9.17) is 0 Å². The number of hydrogen-bond acceptors (Lipinski definition) is 1. The average molecular weight is 367 g/mol. The second-order valence-electron chi connectivity index (χ2n) is 6.44. The van der Waals surface area contributed by atoms with Crippen LogP contribution in [0.1, 0.15) is 73.1 Å². The van der Waals surface area contributed by atoms with Crippen LogP contribution in [-0.2, 0) is 0 Å². The molecule has 18 heavy (non-hydrogen) atoms. The van der Waals surface area contributed by atoms with Crippen molar-refractivity contribution in [3.8, 4) is 0 Å². The van der Waals surface area contributed by atoms with E-state index < -0.39 is 19.8 Å². The summed E-state index contributed by atoms with van der Waals surface area (Å²) in [4.78, 5) is 0. The Hall–Kier alpha value is 0.690. The van der Waals surface area contributed by atoms with Gasteiger partial charge in [0.15, 0.2) is 0 Å². The van der Waals surface area contributed by atoms with Crippen molar-refractivity contribution in [3.63, 3.8) is 0 Å². The third-order valence-corrected chi connectivity index (χ3v) is 10.6. The molecule has 0 saturated carbocycles. The van der Waals surface area contributed by atoms with Crippen LogP contribution in [0.5, 0.6) is 0 Å². The SMILES string of the molecule is CCCCCC(CCC(C)C)I1CC1NC(C)C. The van der Waals surface area contributed by atoms with Crippen molar-refractivity contribution < 1.29 is 0 Å². The molecule has 0 bridgehead atoms. The van der Waals surface area contributed by atoms with E-state index in [0.29, 0.717) is 6.04 Å². The number of rotatable bonds is 10. The molecule has 0 aromatic carbocycles. The van der Waals surface area contributed by atoms with Gasteiger partial charge in [-0.3, -0.25) is 0 Å². The summed E-state index contributed by atoms with van der Waals surface area (Å²) >= 11 is -0.599. The molecule has 2 unspecified atom stereocenters. The van der Waals surface area contributed by atoms with Crippen molar-refractivity contribution in [1.29, 1.82) is 0 Å². The molecule has 0 aliphatic carbocycles. The van der Waals surface area contributed by atoms with Crippen molar-refractivity contribution in [2.75, 3.05) is 4.43 Å². The van der Waals surface area contributed by atoms with Gasteiger partial charge in [-0.05, 0) is 0 Å². The van der Waals surface area contributed by atoms with Crippen molar-refractivity contribution in [3.05, 3.63) is 0 Å². The van der Waals surface area contributed by atoms with E-state index in [9.17, 15) is 0 Å². The molecule has 0 radical (unpaired) electrons. The van der Waals surface area contributed by atoms with E-state index in [1.165, 1.54) is 32.1 Å². The second-order valence-corrected chi connectivity index (χ2v) is 13.1. The molecule has 0 spiro atoms. The number of unbranched alkanes of at least 4 members (excludes halogenated alkanes) is 2. The molecule has 2 atom stereocenters. The van der Waals surface area contributed by atoms with E-state index in [2.05, 4.69) is 39.9 Å². The van der Waals surface area contributed by atoms with E-state index in [1.807, 2.05) is 0 Å². The first-order valence-corrected chi connectivity index (χ1v) is 11.9. The van der Waals surface area contributed by atoms with Gasteiger partial charge in [-0.1, -0.05) is 0 Å². The fourth-order valence-corrected chi connectivity index (χ4v) is 10.3. The maximum absolute atomic E-state index is 3.79. The molecule has 1 aliphatic rings. The third-order valence-electron chi connectivity index (χ3n) is 3.64. The van der Waals surface area contributed by atoms with Gasteiger partial charge in [0.25, 0.3) is 0 Å². The monoisotopic (exact) mass is 367 g/mol. The number of hydrogen-bond donors (Lipinski definition) is 1. The predicted molar refractivity (Wildman–Crippen MR) is 92.9 cm³/mol. The minimum atomic E-state index is -0.599. The Bertz CT molecular complexity index is 215. The molecule has 1 aliphatic heterocycles. The molecule has 1 N–H and O–H groups in total. The van der Waals surface area contributed by atoms with Crippen molar-refractivity contribution >= 4 is 19.8 Å². The van der Waals surface area contributed by atoms with Gasteiger partial charge in [0.05, 0.1) is 0 Å². The van der Waals surface area contributed by atoms with E-state index in [0.717, 1.165) is 13.9 Å². The first-order valence-electron chi connectivity index (χ1n) is 7.93. The van der Waals surface area contributed by atoms with Crippen LogP contribution in [0.4, 0.5) is 0 Å². The third kappa shape index (κ3) is 6.74. The molecule has 1 nitrogen and oxygen atoms in total. The molecule has 0 amide bonds. The summed E-state index contributed by atoms with van der Waals surface area (Å²) in [7, 11) is 0. The van der Waals surface area contributed by atoms with E-state index in [1.54, 1.807) is 10.8 Å². The van der Waals surface area contributed by atoms with E-state index in [-0.39, 0.29) is 0 Å². The Morgan fingerprint density at radius 3 is 2.33 bits per heavy atom. The second kappa shape index (κ2) is 8.78. The average Bonchev–Trinajstić information content (AvgIpc) is 3.01. The Morgan fingerprint density at radius 1 is 1.06 bits per heavy atom. The summed E-state index contributed by atoms with van der Waals surface area (Å²) in [5.74, 6) is 0.894. The van der Waals surface area contributed by atoms with Crippen molar-refractivity contribution in [1.82, 2.24) is 5.32 Å². The minimum absolute atomic E-state index is 0.599. The van der Waals surface area contributed by atoms with Gasteiger partial charge in [0.2, 0.25) is 0 Å². The molecule has 0 aromatic heterocycles. The topological polar surface area (TPSA) is 12.0 Å². The Labute approximate surface area is 122 Å². The van der Waals surface area contributed by atoms with Crippen molar-refractivity contribution in [2.24, 2.45) is 5.92 Å². The van der Waals surface area contributed by atoms with Crippen LogP contribution in [0.2, 0.25) is 0 Å². The maximum atomic E-state index is 3.79. The molecule has 1 rings (SSSR count). The molecule has 0 aromatic rings. The van der Waals surface area contributed by atoms with Gasteiger partial charge in [-0.25, -0.2) is 0 Å². The predicted octanol–water partition coefficient (Wildman–Crippen LogP) is 5.22. The fourth-order valence-electron chi connectivity index (χ4n) is 2.51. The zero-order valence-electron chi connectivity index (χ0n) is 13.1. The summed E-state index contributed by atoms with van der Waals surface area (Å²) in [6.45, 7) is 11.7. The Morgan fingerprint density at radius 2 is 1.78 bits per heavy atom. The summed E-state index contributed by atoms with van der Waals surface area (Å²) in [6, 6.07) is 0.693. The molecule has 2 heteroatoms. The van der Waals surface area contributed by atoms with Crippen LogP contribution in [0.3, 0.4) is 0 Å². The number of alkyl halides is 3. The van der Waals surface area contributed by atoms with Crippen LogP contribution in [0.15, 0.2) is 0 Å². The van der Waals surface area contributed by atoms with Gasteiger partial charge in [-0.15, -0.1) is 0 Å².